The van der Waals surface area contributed by atoms with E-state index >= 15 is 0 Å². The van der Waals surface area contributed by atoms with Crippen LogP contribution < -0.4 is 9.64 Å². The number of aromatic amines is 1. The second-order valence-corrected chi connectivity index (χ2v) is 12.5. The Hall–Kier alpha value is -3.52. The quantitative estimate of drug-likeness (QED) is 0.371. The Morgan fingerprint density at radius 2 is 1.90 bits per heavy atom. The van der Waals surface area contributed by atoms with Crippen LogP contribution >= 0.6 is 0 Å². The van der Waals surface area contributed by atoms with Crippen LogP contribution in [0.4, 0.5) is 5.82 Å². The van der Waals surface area contributed by atoms with Gasteiger partial charge in [-0.3, -0.25) is 0 Å². The zero-order valence-electron chi connectivity index (χ0n) is 24.0. The van der Waals surface area contributed by atoms with E-state index in [1.54, 1.807) is 0 Å². The molecule has 7 rings (SSSR count). The lowest BCUT2D eigenvalue weighted by Gasteiger charge is -2.34. The highest BCUT2D eigenvalue weighted by molar-refractivity contribution is 5.78. The molecule has 0 atom stereocenters. The number of imidazole rings is 1. The molecule has 5 heterocycles. The number of nitrogens with zero attached hydrogens (tertiary/aromatic N) is 6. The van der Waals surface area contributed by atoms with Crippen LogP contribution in [0.15, 0.2) is 30.5 Å². The molecule has 1 aliphatic carbocycles. The average molecular weight is 538 g/mol. The Balaban J connectivity index is 1.22. The number of benzene rings is 1. The molecule has 0 saturated carbocycles. The van der Waals surface area contributed by atoms with Crippen LogP contribution in [0.5, 0.6) is 5.75 Å². The van der Waals surface area contributed by atoms with Crippen LogP contribution in [-0.4, -0.2) is 62.6 Å². The molecule has 40 heavy (non-hydrogen) atoms. The van der Waals surface area contributed by atoms with Gasteiger partial charge in [0, 0.05) is 48.1 Å². The van der Waals surface area contributed by atoms with Crippen LogP contribution in [-0.2, 0) is 25.8 Å². The van der Waals surface area contributed by atoms with Crippen molar-refractivity contribution in [3.8, 4) is 16.9 Å². The van der Waals surface area contributed by atoms with Gasteiger partial charge >= 0.3 is 0 Å². The van der Waals surface area contributed by atoms with Crippen LogP contribution in [0.25, 0.3) is 22.3 Å². The minimum absolute atomic E-state index is 0.256. The summed E-state index contributed by atoms with van der Waals surface area (Å²) >= 11 is 0. The van der Waals surface area contributed by atoms with E-state index in [1.165, 1.54) is 49.2 Å². The monoisotopic (exact) mass is 537 g/mol. The van der Waals surface area contributed by atoms with Gasteiger partial charge in [-0.2, -0.15) is 0 Å². The molecule has 0 radical (unpaired) electrons. The summed E-state index contributed by atoms with van der Waals surface area (Å²) in [4.78, 5) is 27.8. The summed E-state index contributed by atoms with van der Waals surface area (Å²) in [5, 5.41) is 0. The number of H-pyrrole nitrogens is 1. The Kier molecular flexibility index (Phi) is 6.45. The number of anilines is 1. The largest absolute Gasteiger partial charge is 0.491 e. The fourth-order valence-electron chi connectivity index (χ4n) is 6.54. The Morgan fingerprint density at radius 3 is 2.77 bits per heavy atom. The first-order valence-corrected chi connectivity index (χ1v) is 14.8. The maximum atomic E-state index is 6.27. The molecule has 1 aromatic carbocycles. The second kappa shape index (κ2) is 10.1. The van der Waals surface area contributed by atoms with Gasteiger partial charge in [0.25, 0.3) is 0 Å². The number of nitrogens with one attached hydrogen (secondary N) is 1. The molecule has 2 aliphatic heterocycles. The van der Waals surface area contributed by atoms with E-state index in [0.29, 0.717) is 6.61 Å². The van der Waals surface area contributed by atoms with Crippen molar-refractivity contribution in [1.29, 1.82) is 0 Å². The third-order valence-electron chi connectivity index (χ3n) is 8.79. The van der Waals surface area contributed by atoms with E-state index in [4.69, 9.17) is 14.7 Å². The summed E-state index contributed by atoms with van der Waals surface area (Å²) in [6.45, 7) is 12.4. The Morgan fingerprint density at radius 1 is 1.02 bits per heavy atom. The number of ether oxygens (including phenoxy) is 1. The van der Waals surface area contributed by atoms with E-state index in [2.05, 4.69) is 62.9 Å². The van der Waals surface area contributed by atoms with Gasteiger partial charge in [-0.1, -0.05) is 19.9 Å². The van der Waals surface area contributed by atoms with Crippen molar-refractivity contribution in [3.63, 3.8) is 0 Å². The number of hydrogen-bond acceptors (Lipinski definition) is 7. The van der Waals surface area contributed by atoms with Crippen LogP contribution in [0.1, 0.15) is 61.6 Å². The lowest BCUT2D eigenvalue weighted by atomic mass is 9.76. The van der Waals surface area contributed by atoms with E-state index < -0.39 is 0 Å². The molecule has 0 bridgehead atoms. The summed E-state index contributed by atoms with van der Waals surface area (Å²) in [7, 11) is 0. The second-order valence-electron chi connectivity index (χ2n) is 12.5. The number of aryl methyl sites for hydroxylation is 2. The van der Waals surface area contributed by atoms with Gasteiger partial charge < -0.3 is 19.5 Å². The maximum Gasteiger partial charge on any atom is 0.157 e. The molecule has 1 fully saturated rings. The van der Waals surface area contributed by atoms with Gasteiger partial charge in [-0.15, -0.1) is 0 Å². The van der Waals surface area contributed by atoms with E-state index in [9.17, 15) is 0 Å². The molecule has 8 nitrogen and oxygen atoms in total. The standard InChI is InChI=1S/C32H39N7O/c1-21-34-27-17-23(19-33-30(27)35-21)22-6-7-28-24(16-22)20-39(14-15-40-28)31-25-18-32(2,3)10-8-26(25)36-29(37-31)9-13-38-11-4-5-12-38/h6-7,16-17,19H,4-5,8-15,18,20H2,1-3H3,(H,33,34,35). The van der Waals surface area contributed by atoms with E-state index in [-0.39, 0.29) is 5.41 Å². The molecular weight excluding hydrogens is 498 g/mol. The number of fused-ring (bicyclic) bond motifs is 3. The van der Waals surface area contributed by atoms with Crippen molar-refractivity contribution in [2.75, 3.05) is 37.7 Å². The van der Waals surface area contributed by atoms with Gasteiger partial charge in [0.1, 0.15) is 35.3 Å². The van der Waals surface area contributed by atoms with Crippen LogP contribution in [0.3, 0.4) is 0 Å². The lowest BCUT2D eigenvalue weighted by Crippen LogP contribution is -2.32. The third kappa shape index (κ3) is 5.05. The molecule has 0 unspecified atom stereocenters. The Bertz CT molecular complexity index is 1550. The van der Waals surface area contributed by atoms with Crippen molar-refractivity contribution in [3.05, 3.63) is 58.9 Å². The molecule has 1 saturated heterocycles. The topological polar surface area (TPSA) is 83.1 Å². The summed E-state index contributed by atoms with van der Waals surface area (Å²) < 4.78 is 6.27. The van der Waals surface area contributed by atoms with Gasteiger partial charge in [0.05, 0.1) is 6.54 Å². The third-order valence-corrected chi connectivity index (χ3v) is 8.79. The Labute approximate surface area is 236 Å². The molecular formula is C32H39N7O. The number of pyridine rings is 1. The summed E-state index contributed by atoms with van der Waals surface area (Å²) in [6, 6.07) is 8.59. The fourth-order valence-corrected chi connectivity index (χ4v) is 6.54. The zero-order valence-corrected chi connectivity index (χ0v) is 24.0. The first kappa shape index (κ1) is 25.4. The van der Waals surface area contributed by atoms with E-state index in [0.717, 1.165) is 84.4 Å². The zero-order chi connectivity index (χ0) is 27.3. The highest BCUT2D eigenvalue weighted by Gasteiger charge is 2.32. The lowest BCUT2D eigenvalue weighted by molar-refractivity contribution is 0.309. The van der Waals surface area contributed by atoms with Crippen molar-refractivity contribution in [2.45, 2.75) is 65.8 Å². The molecule has 3 aromatic heterocycles. The SMILES string of the molecule is Cc1nc2cc(-c3ccc4c(c3)CN(c3nc(CCN5CCCC5)nc5c3CC(C)(C)CC5)CCO4)cnc2[nH]1. The van der Waals surface area contributed by atoms with Gasteiger partial charge in [0.15, 0.2) is 5.65 Å². The molecule has 208 valence electrons. The van der Waals surface area contributed by atoms with Crippen LogP contribution in [0, 0.1) is 12.3 Å². The summed E-state index contributed by atoms with van der Waals surface area (Å²) in [5.41, 5.74) is 7.92. The predicted molar refractivity (Wildman–Crippen MR) is 158 cm³/mol. The van der Waals surface area contributed by atoms with Crippen LogP contribution in [0.2, 0.25) is 0 Å². The number of aromatic nitrogens is 5. The van der Waals surface area contributed by atoms with Gasteiger partial charge in [0.2, 0.25) is 0 Å². The normalized spacial score (nSPS) is 18.8. The minimum atomic E-state index is 0.256. The van der Waals surface area contributed by atoms with Crippen molar-refractivity contribution in [1.82, 2.24) is 29.8 Å². The molecule has 1 N–H and O–H groups in total. The van der Waals surface area contributed by atoms with Crippen molar-refractivity contribution < 1.29 is 4.74 Å². The fraction of sp³-hybridized carbons (Fsp3) is 0.500. The number of hydrogen-bond donors (Lipinski definition) is 1. The highest BCUT2D eigenvalue weighted by Crippen LogP contribution is 2.39. The average Bonchev–Trinajstić information content (AvgIpc) is 3.54. The summed E-state index contributed by atoms with van der Waals surface area (Å²) in [5.74, 6) is 3.94. The highest BCUT2D eigenvalue weighted by atomic mass is 16.5. The molecule has 0 amide bonds. The molecule has 8 heteroatoms. The molecule has 3 aliphatic rings. The molecule has 0 spiro atoms. The van der Waals surface area contributed by atoms with Gasteiger partial charge in [-0.25, -0.2) is 19.9 Å². The summed E-state index contributed by atoms with van der Waals surface area (Å²) in [6.07, 6.45) is 8.68. The minimum Gasteiger partial charge on any atom is -0.491 e. The molecule has 4 aromatic rings. The van der Waals surface area contributed by atoms with Crippen molar-refractivity contribution >= 4 is 17.0 Å². The predicted octanol–water partition coefficient (Wildman–Crippen LogP) is 5.28. The van der Waals surface area contributed by atoms with Crippen molar-refractivity contribution in [2.24, 2.45) is 5.41 Å². The number of likely N-dealkylation sites (tertiary alicyclic amines) is 1. The number of rotatable bonds is 5. The maximum absolute atomic E-state index is 6.27. The smallest absolute Gasteiger partial charge is 0.157 e. The first-order chi connectivity index (χ1) is 19.4. The first-order valence-electron chi connectivity index (χ1n) is 14.8. The van der Waals surface area contributed by atoms with E-state index in [1.807, 2.05) is 13.1 Å². The van der Waals surface area contributed by atoms with Gasteiger partial charge in [-0.05, 0) is 81.3 Å².